The van der Waals surface area contributed by atoms with Crippen LogP contribution < -0.4 is 5.73 Å². The van der Waals surface area contributed by atoms with E-state index in [-0.39, 0.29) is 12.2 Å². The van der Waals surface area contributed by atoms with Gasteiger partial charge < -0.3 is 15.6 Å². The number of nitrogen functional groups attached to an aromatic ring is 1. The Bertz CT molecular complexity index is 385. The molecule has 4 heteroatoms. The molecule has 0 saturated carbocycles. The second-order valence-electron chi connectivity index (χ2n) is 5.16. The van der Waals surface area contributed by atoms with Gasteiger partial charge in [0.2, 0.25) is 0 Å². The molecule has 17 heavy (non-hydrogen) atoms. The molecule has 94 valence electrons. The molecule has 3 N–H and O–H groups in total. The van der Waals surface area contributed by atoms with E-state index in [0.29, 0.717) is 25.1 Å². The van der Waals surface area contributed by atoms with Crippen molar-refractivity contribution in [3.63, 3.8) is 0 Å². The summed E-state index contributed by atoms with van der Waals surface area (Å²) >= 11 is 0. The molecule has 2 atom stereocenters. The first-order chi connectivity index (χ1) is 7.97. The molecule has 1 aliphatic rings. The van der Waals surface area contributed by atoms with Gasteiger partial charge in [-0.1, -0.05) is 0 Å². The lowest BCUT2D eigenvalue weighted by Crippen LogP contribution is -2.44. The third-order valence-electron chi connectivity index (χ3n) is 3.18. The zero-order valence-corrected chi connectivity index (χ0v) is 10.4. The standard InChI is InChI=1S/C13H20N2O2/c1-9-6-13(16,7-10(2)17-9)8-11-3-4-15-12(14)5-11/h3-5,9-10,16H,6-8H2,1-2H3,(H2,14,15). The zero-order valence-electron chi connectivity index (χ0n) is 10.4. The Kier molecular flexibility index (Phi) is 3.35. The highest BCUT2D eigenvalue weighted by molar-refractivity contribution is 5.32. The van der Waals surface area contributed by atoms with Crippen molar-refractivity contribution < 1.29 is 9.84 Å². The summed E-state index contributed by atoms with van der Waals surface area (Å²) in [6.45, 7) is 4.00. The Balaban J connectivity index is 2.11. The molecule has 0 aromatic carbocycles. The van der Waals surface area contributed by atoms with Crippen LogP contribution in [-0.2, 0) is 11.2 Å². The van der Waals surface area contributed by atoms with Crippen LogP contribution in [0.3, 0.4) is 0 Å². The maximum Gasteiger partial charge on any atom is 0.123 e. The van der Waals surface area contributed by atoms with Gasteiger partial charge in [0.1, 0.15) is 5.82 Å². The Hall–Kier alpha value is -1.13. The molecule has 2 rings (SSSR count). The molecular formula is C13H20N2O2. The number of aromatic nitrogens is 1. The largest absolute Gasteiger partial charge is 0.389 e. The minimum Gasteiger partial charge on any atom is -0.389 e. The summed E-state index contributed by atoms with van der Waals surface area (Å²) in [4.78, 5) is 3.96. The fourth-order valence-electron chi connectivity index (χ4n) is 2.77. The van der Waals surface area contributed by atoms with Crippen LogP contribution in [0.2, 0.25) is 0 Å². The van der Waals surface area contributed by atoms with E-state index in [4.69, 9.17) is 10.5 Å². The van der Waals surface area contributed by atoms with Gasteiger partial charge in [0.15, 0.2) is 0 Å². The van der Waals surface area contributed by atoms with Crippen molar-refractivity contribution in [3.8, 4) is 0 Å². The molecule has 1 aliphatic heterocycles. The average Bonchev–Trinajstić information content (AvgIpc) is 2.13. The topological polar surface area (TPSA) is 68.4 Å². The molecule has 1 aromatic heterocycles. The van der Waals surface area contributed by atoms with Gasteiger partial charge in [0.25, 0.3) is 0 Å². The van der Waals surface area contributed by atoms with E-state index >= 15 is 0 Å². The lowest BCUT2D eigenvalue weighted by atomic mass is 9.83. The van der Waals surface area contributed by atoms with Gasteiger partial charge in [-0.2, -0.15) is 0 Å². The highest BCUT2D eigenvalue weighted by Crippen LogP contribution is 2.31. The van der Waals surface area contributed by atoms with Gasteiger partial charge in [0, 0.05) is 25.5 Å². The number of hydrogen-bond donors (Lipinski definition) is 2. The molecule has 0 amide bonds. The number of rotatable bonds is 2. The van der Waals surface area contributed by atoms with E-state index < -0.39 is 5.60 Å². The third-order valence-corrected chi connectivity index (χ3v) is 3.18. The molecule has 1 aromatic rings. The van der Waals surface area contributed by atoms with E-state index in [2.05, 4.69) is 4.98 Å². The Morgan fingerprint density at radius 2 is 2.12 bits per heavy atom. The first-order valence-corrected chi connectivity index (χ1v) is 6.05. The molecule has 0 aliphatic carbocycles. The molecular weight excluding hydrogens is 216 g/mol. The summed E-state index contributed by atoms with van der Waals surface area (Å²) < 4.78 is 5.65. The number of nitrogens with two attached hydrogens (primary N) is 1. The number of aliphatic hydroxyl groups is 1. The lowest BCUT2D eigenvalue weighted by molar-refractivity contribution is -0.130. The van der Waals surface area contributed by atoms with E-state index in [1.807, 2.05) is 26.0 Å². The second kappa shape index (κ2) is 4.63. The lowest BCUT2D eigenvalue weighted by Gasteiger charge is -2.39. The number of ether oxygens (including phenoxy) is 1. The van der Waals surface area contributed by atoms with Crippen molar-refractivity contribution >= 4 is 5.82 Å². The first-order valence-electron chi connectivity index (χ1n) is 6.05. The smallest absolute Gasteiger partial charge is 0.123 e. The molecule has 2 heterocycles. The fourth-order valence-corrected chi connectivity index (χ4v) is 2.77. The van der Waals surface area contributed by atoms with Crippen LogP contribution in [0.15, 0.2) is 18.3 Å². The number of nitrogens with zero attached hydrogens (tertiary/aromatic N) is 1. The average molecular weight is 236 g/mol. The maximum absolute atomic E-state index is 10.6. The van der Waals surface area contributed by atoms with Crippen LogP contribution in [0, 0.1) is 0 Å². The van der Waals surface area contributed by atoms with Crippen molar-refractivity contribution in [3.05, 3.63) is 23.9 Å². The van der Waals surface area contributed by atoms with Crippen molar-refractivity contribution in [1.29, 1.82) is 0 Å². The molecule has 1 saturated heterocycles. The highest BCUT2D eigenvalue weighted by Gasteiger charge is 2.36. The molecule has 0 bridgehead atoms. The summed E-state index contributed by atoms with van der Waals surface area (Å²) in [5.74, 6) is 0.499. The SMILES string of the molecule is CC1CC(O)(Cc2ccnc(N)c2)CC(C)O1. The normalized spacial score (nSPS) is 33.6. The van der Waals surface area contributed by atoms with Crippen molar-refractivity contribution in [1.82, 2.24) is 4.98 Å². The summed E-state index contributed by atoms with van der Waals surface area (Å²) in [5, 5.41) is 10.6. The fraction of sp³-hybridized carbons (Fsp3) is 0.615. The van der Waals surface area contributed by atoms with Crippen LogP contribution in [0.25, 0.3) is 0 Å². The van der Waals surface area contributed by atoms with Crippen LogP contribution >= 0.6 is 0 Å². The predicted molar refractivity (Wildman–Crippen MR) is 66.5 cm³/mol. The Labute approximate surface area is 102 Å². The van der Waals surface area contributed by atoms with Gasteiger partial charge in [-0.05, 0) is 31.5 Å². The monoisotopic (exact) mass is 236 g/mol. The predicted octanol–water partition coefficient (Wildman–Crippen LogP) is 1.52. The van der Waals surface area contributed by atoms with Crippen molar-refractivity contribution in [2.45, 2.75) is 50.9 Å². The van der Waals surface area contributed by atoms with Gasteiger partial charge in [-0.15, -0.1) is 0 Å². The Morgan fingerprint density at radius 1 is 1.47 bits per heavy atom. The molecule has 0 spiro atoms. The second-order valence-corrected chi connectivity index (χ2v) is 5.16. The van der Waals surface area contributed by atoms with Crippen LogP contribution in [0.1, 0.15) is 32.3 Å². The van der Waals surface area contributed by atoms with E-state index in [1.165, 1.54) is 0 Å². The van der Waals surface area contributed by atoms with Crippen LogP contribution in [-0.4, -0.2) is 27.9 Å². The number of hydrogen-bond acceptors (Lipinski definition) is 4. The van der Waals surface area contributed by atoms with Gasteiger partial charge in [-0.3, -0.25) is 0 Å². The van der Waals surface area contributed by atoms with E-state index in [9.17, 15) is 5.11 Å². The molecule has 2 unspecified atom stereocenters. The first kappa shape index (κ1) is 12.3. The zero-order chi connectivity index (χ0) is 12.5. The summed E-state index contributed by atoms with van der Waals surface area (Å²) in [7, 11) is 0. The molecule has 1 fully saturated rings. The van der Waals surface area contributed by atoms with Crippen molar-refractivity contribution in [2.24, 2.45) is 0 Å². The minimum atomic E-state index is -0.690. The van der Waals surface area contributed by atoms with Crippen LogP contribution in [0.4, 0.5) is 5.82 Å². The maximum atomic E-state index is 10.6. The number of anilines is 1. The summed E-state index contributed by atoms with van der Waals surface area (Å²) in [5.41, 5.74) is 5.98. The number of pyridine rings is 1. The van der Waals surface area contributed by atoms with E-state index in [1.54, 1.807) is 6.20 Å². The van der Waals surface area contributed by atoms with Crippen molar-refractivity contribution in [2.75, 3.05) is 5.73 Å². The van der Waals surface area contributed by atoms with Gasteiger partial charge >= 0.3 is 0 Å². The summed E-state index contributed by atoms with van der Waals surface area (Å²) in [6.07, 6.45) is 3.82. The minimum absolute atomic E-state index is 0.0999. The van der Waals surface area contributed by atoms with Gasteiger partial charge in [0.05, 0.1) is 17.8 Å². The van der Waals surface area contributed by atoms with Crippen LogP contribution in [0.5, 0.6) is 0 Å². The quantitative estimate of drug-likeness (QED) is 0.817. The third kappa shape index (κ3) is 3.17. The molecule has 4 nitrogen and oxygen atoms in total. The summed E-state index contributed by atoms with van der Waals surface area (Å²) in [6, 6.07) is 3.72. The van der Waals surface area contributed by atoms with E-state index in [0.717, 1.165) is 5.56 Å². The Morgan fingerprint density at radius 3 is 2.71 bits per heavy atom. The van der Waals surface area contributed by atoms with Gasteiger partial charge in [-0.25, -0.2) is 4.98 Å². The molecule has 0 radical (unpaired) electrons. The highest BCUT2D eigenvalue weighted by atomic mass is 16.5.